The van der Waals surface area contributed by atoms with Gasteiger partial charge in [-0.1, -0.05) is 90.9 Å². The second kappa shape index (κ2) is 21.7. The van der Waals surface area contributed by atoms with Gasteiger partial charge in [-0.2, -0.15) is 8.42 Å². The van der Waals surface area contributed by atoms with Crippen LogP contribution in [0.1, 0.15) is 110 Å². The van der Waals surface area contributed by atoms with Gasteiger partial charge in [0.25, 0.3) is 10.1 Å². The summed E-state index contributed by atoms with van der Waals surface area (Å²) < 4.78 is 42.3. The summed E-state index contributed by atoms with van der Waals surface area (Å²) in [6.07, 6.45) is 14.0. The molecular formula is C22H43NaO7S. The summed E-state index contributed by atoms with van der Waals surface area (Å²) in [5.41, 5.74) is 0. The monoisotopic (exact) mass is 474 g/mol. The third-order valence-corrected chi connectivity index (χ3v) is 6.06. The van der Waals surface area contributed by atoms with E-state index in [0.29, 0.717) is 12.8 Å². The van der Waals surface area contributed by atoms with Gasteiger partial charge in [0.05, 0.1) is 19.6 Å². The molecule has 0 saturated carbocycles. The van der Waals surface area contributed by atoms with Gasteiger partial charge in [0.2, 0.25) is 0 Å². The van der Waals surface area contributed by atoms with Gasteiger partial charge in [0, 0.05) is 0 Å². The first kappa shape index (κ1) is 33.0. The van der Waals surface area contributed by atoms with Crippen LogP contribution in [-0.2, 0) is 29.2 Å². The van der Waals surface area contributed by atoms with Crippen LogP contribution < -0.4 is 0 Å². The average Bonchev–Trinajstić information content (AvgIpc) is 2.69. The van der Waals surface area contributed by atoms with E-state index in [9.17, 15) is 22.6 Å². The number of carbonyl (C=O) groups excluding carboxylic acids is 2. The fourth-order valence-corrected chi connectivity index (χ4v) is 3.75. The van der Waals surface area contributed by atoms with E-state index in [1.165, 1.54) is 38.5 Å². The van der Waals surface area contributed by atoms with E-state index in [2.05, 4.69) is 13.8 Å². The van der Waals surface area contributed by atoms with Crippen LogP contribution in [0.5, 0.6) is 0 Å². The summed E-state index contributed by atoms with van der Waals surface area (Å²) >= 11 is 0. The zero-order valence-electron chi connectivity index (χ0n) is 18.9. The summed E-state index contributed by atoms with van der Waals surface area (Å²) in [6, 6.07) is 0. The Morgan fingerprint density at radius 1 is 0.710 bits per heavy atom. The third-order valence-electron chi connectivity index (χ3n) is 4.98. The number of carbonyl (C=O) groups is 2. The van der Waals surface area contributed by atoms with Crippen LogP contribution in [-0.4, -0.2) is 72.9 Å². The molecule has 0 aromatic rings. The summed E-state index contributed by atoms with van der Waals surface area (Å²) in [5.74, 6) is -1.92. The molecule has 31 heavy (non-hydrogen) atoms. The maximum atomic E-state index is 12.0. The van der Waals surface area contributed by atoms with Crippen molar-refractivity contribution in [1.82, 2.24) is 0 Å². The van der Waals surface area contributed by atoms with Gasteiger partial charge in [-0.3, -0.25) is 14.1 Å². The molecule has 0 bridgehead atoms. The van der Waals surface area contributed by atoms with Crippen molar-refractivity contribution >= 4 is 51.6 Å². The van der Waals surface area contributed by atoms with Crippen molar-refractivity contribution in [2.45, 2.75) is 115 Å². The molecule has 0 rings (SSSR count). The van der Waals surface area contributed by atoms with Crippen molar-refractivity contribution in [3.8, 4) is 0 Å². The molecule has 0 aromatic heterocycles. The van der Waals surface area contributed by atoms with E-state index in [1.807, 2.05) is 0 Å². The average molecular weight is 475 g/mol. The first-order chi connectivity index (χ1) is 14.3. The normalized spacial score (nSPS) is 12.1. The first-order valence-electron chi connectivity index (χ1n) is 11.6. The zero-order chi connectivity index (χ0) is 22.7. The molecule has 0 aromatic carbocycles. The van der Waals surface area contributed by atoms with Crippen molar-refractivity contribution in [1.29, 1.82) is 0 Å². The summed E-state index contributed by atoms with van der Waals surface area (Å²) in [6.45, 7) is 4.56. The molecule has 1 N–H and O–H groups in total. The Labute approximate surface area is 211 Å². The van der Waals surface area contributed by atoms with Crippen LogP contribution >= 0.6 is 0 Å². The van der Waals surface area contributed by atoms with Gasteiger partial charge in [0.15, 0.2) is 5.25 Å². The van der Waals surface area contributed by atoms with Gasteiger partial charge in [-0.15, -0.1) is 0 Å². The van der Waals surface area contributed by atoms with E-state index in [0.717, 1.165) is 38.5 Å². The zero-order valence-corrected chi connectivity index (χ0v) is 19.7. The summed E-state index contributed by atoms with van der Waals surface area (Å²) in [4.78, 5) is 23.9. The van der Waals surface area contributed by atoms with Gasteiger partial charge >= 0.3 is 41.5 Å². The molecule has 0 aliphatic carbocycles. The third kappa shape index (κ3) is 20.2. The van der Waals surface area contributed by atoms with Crippen molar-refractivity contribution in [3.05, 3.63) is 0 Å². The molecule has 1 atom stereocenters. The summed E-state index contributed by atoms with van der Waals surface area (Å²) in [7, 11) is -4.74. The molecule has 1 unspecified atom stereocenters. The fraction of sp³-hybridized carbons (Fsp3) is 0.909. The van der Waals surface area contributed by atoms with E-state index < -0.39 is 33.7 Å². The van der Waals surface area contributed by atoms with Crippen molar-refractivity contribution in [2.75, 3.05) is 13.2 Å². The second-order valence-corrected chi connectivity index (χ2v) is 9.44. The molecule has 9 heteroatoms. The minimum atomic E-state index is -4.74. The van der Waals surface area contributed by atoms with Crippen LogP contribution in [0.15, 0.2) is 0 Å². The number of unbranched alkanes of at least 4 members (excludes halogenated alkanes) is 12. The first-order valence-corrected chi connectivity index (χ1v) is 13.1. The Balaban J connectivity index is 0. The van der Waals surface area contributed by atoms with Crippen molar-refractivity contribution in [3.63, 3.8) is 0 Å². The predicted octanol–water partition coefficient (Wildman–Crippen LogP) is 4.57. The standard InChI is InChI=1S/C22H42O7S.Na.H/c1-3-5-7-9-11-13-15-17-28-21(23)19-20(30(25,26)27)22(24)29-18-16-14-12-10-8-6-4-2;;/h20H,3-19H2,1-2H3,(H,25,26,27);;. The second-order valence-electron chi connectivity index (χ2n) is 7.84. The Morgan fingerprint density at radius 3 is 1.52 bits per heavy atom. The van der Waals surface area contributed by atoms with Crippen LogP contribution in [0.4, 0.5) is 0 Å². The van der Waals surface area contributed by atoms with Crippen molar-refractivity contribution in [2.24, 2.45) is 0 Å². The van der Waals surface area contributed by atoms with Gasteiger partial charge in [0.1, 0.15) is 0 Å². The SMILES string of the molecule is CCCCCCCCCOC(=O)CC(C(=O)OCCCCCCCCC)S(=O)(=O)O.[NaH]. The summed E-state index contributed by atoms with van der Waals surface area (Å²) in [5, 5.41) is -1.93. The fourth-order valence-electron chi connectivity index (χ4n) is 3.09. The molecule has 7 nitrogen and oxygen atoms in total. The number of ether oxygens (including phenoxy) is 2. The molecular weight excluding hydrogens is 431 g/mol. The van der Waals surface area contributed by atoms with Crippen LogP contribution in [0.3, 0.4) is 0 Å². The Kier molecular flexibility index (Phi) is 23.1. The van der Waals surface area contributed by atoms with Crippen LogP contribution in [0.25, 0.3) is 0 Å². The molecule has 180 valence electrons. The maximum absolute atomic E-state index is 12.0. The van der Waals surface area contributed by atoms with Gasteiger partial charge < -0.3 is 9.47 Å². The molecule has 0 aliphatic rings. The number of hydrogen-bond acceptors (Lipinski definition) is 6. The molecule has 0 fully saturated rings. The van der Waals surface area contributed by atoms with Crippen LogP contribution in [0.2, 0.25) is 0 Å². The van der Waals surface area contributed by atoms with E-state index in [-0.39, 0.29) is 42.8 Å². The molecule has 0 radical (unpaired) electrons. The topological polar surface area (TPSA) is 107 Å². The number of rotatable bonds is 20. The number of hydrogen-bond donors (Lipinski definition) is 1. The Bertz CT molecular complexity index is 552. The van der Waals surface area contributed by atoms with Crippen LogP contribution in [0, 0.1) is 0 Å². The number of esters is 2. The Morgan fingerprint density at radius 2 is 1.10 bits per heavy atom. The molecule has 0 spiro atoms. The van der Waals surface area contributed by atoms with E-state index in [1.54, 1.807) is 0 Å². The van der Waals surface area contributed by atoms with Crippen molar-refractivity contribution < 1.29 is 32.0 Å². The Hall–Kier alpha value is -0.150. The van der Waals surface area contributed by atoms with Gasteiger partial charge in [-0.25, -0.2) is 0 Å². The van der Waals surface area contributed by atoms with E-state index >= 15 is 0 Å². The predicted molar refractivity (Wildman–Crippen MR) is 125 cm³/mol. The molecule has 0 amide bonds. The van der Waals surface area contributed by atoms with E-state index in [4.69, 9.17) is 9.47 Å². The molecule has 0 aliphatic heterocycles. The quantitative estimate of drug-likeness (QED) is 0.119. The molecule has 0 heterocycles. The minimum absolute atomic E-state index is 0. The molecule has 0 saturated heterocycles. The van der Waals surface area contributed by atoms with Gasteiger partial charge in [-0.05, 0) is 12.8 Å².